The van der Waals surface area contributed by atoms with E-state index in [0.29, 0.717) is 17.1 Å². The van der Waals surface area contributed by atoms with Crippen LogP contribution in [0.5, 0.6) is 0 Å². The molecule has 2 aromatic carbocycles. The van der Waals surface area contributed by atoms with Gasteiger partial charge in [0.2, 0.25) is 0 Å². The maximum atomic E-state index is 13.1. The summed E-state index contributed by atoms with van der Waals surface area (Å²) < 4.78 is 27.6. The van der Waals surface area contributed by atoms with E-state index in [1.165, 1.54) is 22.5 Å². The molecule has 1 heterocycles. The number of benzene rings is 2. The Bertz CT molecular complexity index is 1240. The van der Waals surface area contributed by atoms with Crippen molar-refractivity contribution in [3.63, 3.8) is 0 Å². The van der Waals surface area contributed by atoms with E-state index >= 15 is 0 Å². The van der Waals surface area contributed by atoms with E-state index in [2.05, 4.69) is 18.2 Å². The van der Waals surface area contributed by atoms with Gasteiger partial charge in [-0.1, -0.05) is 54.6 Å². The molecule has 1 saturated carbocycles. The van der Waals surface area contributed by atoms with Crippen molar-refractivity contribution in [2.75, 3.05) is 0 Å². The molecule has 2 aliphatic rings. The minimum Gasteiger partial charge on any atom is -0.299 e. The Morgan fingerprint density at radius 3 is 2.30 bits per heavy atom. The first kappa shape index (κ1) is 22.5. The summed E-state index contributed by atoms with van der Waals surface area (Å²) in [4.78, 5) is 12.6. The van der Waals surface area contributed by atoms with Crippen LogP contribution >= 0.6 is 11.3 Å². The standard InChI is InChI=1S/C26H28N2O3S2/c27-28(33(30,31)25-7-4-12-32-25)26-21-10-11-22(26)17-23-13-19(8-9-20(23)16-21)15-24(29)14-18-5-2-1-3-6-18/h1-9,12-13,21-22,26H,10-11,14-17,27H2/t21?,22-,26+/m0/s1. The molecule has 5 rings (SSSR count). The lowest BCUT2D eigenvalue weighted by Crippen LogP contribution is -2.50. The van der Waals surface area contributed by atoms with Crippen molar-refractivity contribution in [3.05, 3.63) is 88.3 Å². The number of thiophene rings is 1. The maximum absolute atomic E-state index is 13.1. The predicted octanol–water partition coefficient (Wildman–Crippen LogP) is 4.16. The number of hydrogen-bond donors (Lipinski definition) is 1. The molecule has 0 radical (unpaired) electrons. The van der Waals surface area contributed by atoms with E-state index in [1.807, 2.05) is 30.3 Å². The molecule has 0 spiro atoms. The van der Waals surface area contributed by atoms with Gasteiger partial charge in [-0.25, -0.2) is 8.42 Å². The molecule has 2 bridgehead atoms. The summed E-state index contributed by atoms with van der Waals surface area (Å²) in [6.45, 7) is 0. The molecule has 0 aliphatic heterocycles. The van der Waals surface area contributed by atoms with Gasteiger partial charge in [0.05, 0.1) is 0 Å². The maximum Gasteiger partial charge on any atom is 0.265 e. The van der Waals surface area contributed by atoms with E-state index in [4.69, 9.17) is 5.84 Å². The zero-order chi connectivity index (χ0) is 23.0. The van der Waals surface area contributed by atoms with Gasteiger partial charge in [-0.05, 0) is 71.2 Å². The van der Waals surface area contributed by atoms with Crippen molar-refractivity contribution in [1.29, 1.82) is 0 Å². The van der Waals surface area contributed by atoms with E-state index in [9.17, 15) is 13.2 Å². The van der Waals surface area contributed by atoms with E-state index < -0.39 is 10.0 Å². The highest BCUT2D eigenvalue weighted by Crippen LogP contribution is 2.43. The summed E-state index contributed by atoms with van der Waals surface area (Å²) in [5.74, 6) is 6.91. The van der Waals surface area contributed by atoms with Crippen LogP contribution in [0.3, 0.4) is 0 Å². The molecule has 5 nitrogen and oxygen atoms in total. The van der Waals surface area contributed by atoms with Crippen LogP contribution in [0.15, 0.2) is 70.3 Å². The molecule has 0 saturated heterocycles. The first-order chi connectivity index (χ1) is 15.9. The van der Waals surface area contributed by atoms with Gasteiger partial charge in [0.15, 0.2) is 0 Å². The van der Waals surface area contributed by atoms with Crippen molar-refractivity contribution in [2.45, 2.75) is 48.8 Å². The zero-order valence-electron chi connectivity index (χ0n) is 18.4. The second-order valence-corrected chi connectivity index (χ2v) is 12.3. The molecule has 1 unspecified atom stereocenters. The van der Waals surface area contributed by atoms with Crippen LogP contribution in [0.25, 0.3) is 0 Å². The Morgan fingerprint density at radius 1 is 0.909 bits per heavy atom. The molecule has 33 heavy (non-hydrogen) atoms. The number of Topliss-reactive ketones (excluding diaryl/α,β-unsaturated/α-hetero) is 1. The molecular formula is C26H28N2O3S2. The van der Waals surface area contributed by atoms with Crippen molar-refractivity contribution in [1.82, 2.24) is 4.41 Å². The van der Waals surface area contributed by atoms with Crippen molar-refractivity contribution >= 4 is 27.1 Å². The fourth-order valence-corrected chi connectivity index (χ4v) is 8.03. The highest BCUT2D eigenvalue weighted by Gasteiger charge is 2.45. The lowest BCUT2D eigenvalue weighted by atomic mass is 9.91. The van der Waals surface area contributed by atoms with E-state index in [-0.39, 0.29) is 23.7 Å². The third-order valence-corrected chi connectivity index (χ3v) is 10.1. The second kappa shape index (κ2) is 9.14. The van der Waals surface area contributed by atoms with E-state index in [1.54, 1.807) is 17.5 Å². The minimum absolute atomic E-state index is 0.186. The number of ketones is 1. The number of fused-ring (bicyclic) bond motifs is 3. The van der Waals surface area contributed by atoms with Crippen LogP contribution in [0.2, 0.25) is 0 Å². The van der Waals surface area contributed by atoms with Crippen LogP contribution in [-0.2, 0) is 40.5 Å². The molecule has 7 heteroatoms. The molecule has 172 valence electrons. The van der Waals surface area contributed by atoms with Crippen LogP contribution in [0.4, 0.5) is 0 Å². The van der Waals surface area contributed by atoms with Gasteiger partial charge in [-0.15, -0.1) is 15.8 Å². The predicted molar refractivity (Wildman–Crippen MR) is 130 cm³/mol. The number of nitrogens with two attached hydrogens (primary N) is 1. The number of carbonyl (C=O) groups excluding carboxylic acids is 1. The molecule has 1 aromatic heterocycles. The highest BCUT2D eigenvalue weighted by atomic mass is 32.2. The number of sulfonamides is 1. The molecule has 3 aromatic rings. The summed E-state index contributed by atoms with van der Waals surface area (Å²) in [5.41, 5.74) is 4.56. The Labute approximate surface area is 199 Å². The Hall–Kier alpha value is -2.32. The largest absolute Gasteiger partial charge is 0.299 e. The highest BCUT2D eigenvalue weighted by molar-refractivity contribution is 7.91. The fourth-order valence-electron chi connectivity index (χ4n) is 5.55. The lowest BCUT2D eigenvalue weighted by molar-refractivity contribution is -0.117. The number of rotatable bonds is 7. The van der Waals surface area contributed by atoms with Gasteiger partial charge in [-0.2, -0.15) is 0 Å². The monoisotopic (exact) mass is 480 g/mol. The van der Waals surface area contributed by atoms with E-state index in [0.717, 1.165) is 41.2 Å². The van der Waals surface area contributed by atoms with Gasteiger partial charge >= 0.3 is 0 Å². The Balaban J connectivity index is 1.33. The molecular weight excluding hydrogens is 452 g/mol. The molecule has 0 amide bonds. The number of hydrazine groups is 1. The van der Waals surface area contributed by atoms with Gasteiger partial charge in [0.1, 0.15) is 9.99 Å². The molecule has 3 atom stereocenters. The van der Waals surface area contributed by atoms with Gasteiger partial charge in [-0.3, -0.25) is 10.6 Å². The molecule has 2 N–H and O–H groups in total. The Morgan fingerprint density at radius 2 is 1.61 bits per heavy atom. The molecule has 1 fully saturated rings. The van der Waals surface area contributed by atoms with Crippen LogP contribution in [0, 0.1) is 11.8 Å². The SMILES string of the molecule is NN([C@@H]1C2CC[C@H]1Cc1cc(CC(=O)Cc3ccccc3)ccc1C2)S(=O)(=O)c1cccs1. The van der Waals surface area contributed by atoms with Crippen molar-refractivity contribution in [3.8, 4) is 0 Å². The second-order valence-electron chi connectivity index (χ2n) is 9.24. The smallest absolute Gasteiger partial charge is 0.265 e. The average molecular weight is 481 g/mol. The van der Waals surface area contributed by atoms with Crippen LogP contribution in [-0.4, -0.2) is 24.7 Å². The topological polar surface area (TPSA) is 80.5 Å². The summed E-state index contributed by atoms with van der Waals surface area (Å²) in [7, 11) is -3.69. The third-order valence-electron chi connectivity index (χ3n) is 7.08. The minimum atomic E-state index is -3.69. The Kier molecular flexibility index (Phi) is 6.22. The number of nitrogens with zero attached hydrogens (tertiary/aromatic N) is 1. The van der Waals surface area contributed by atoms with Crippen molar-refractivity contribution in [2.24, 2.45) is 17.7 Å². The van der Waals surface area contributed by atoms with Crippen LogP contribution in [0.1, 0.15) is 35.1 Å². The quantitative estimate of drug-likeness (QED) is 0.407. The zero-order valence-corrected chi connectivity index (χ0v) is 20.0. The van der Waals surface area contributed by atoms with Gasteiger partial charge in [0, 0.05) is 18.9 Å². The molecule has 2 aliphatic carbocycles. The lowest BCUT2D eigenvalue weighted by Gasteiger charge is -2.30. The fraction of sp³-hybridized carbons (Fsp3) is 0.346. The average Bonchev–Trinajstić information content (AvgIpc) is 3.43. The van der Waals surface area contributed by atoms with Crippen LogP contribution < -0.4 is 5.84 Å². The first-order valence-corrected chi connectivity index (χ1v) is 13.7. The van der Waals surface area contributed by atoms with Gasteiger partial charge in [0.25, 0.3) is 10.0 Å². The first-order valence-electron chi connectivity index (χ1n) is 11.4. The normalized spacial score (nSPS) is 22.2. The summed E-state index contributed by atoms with van der Waals surface area (Å²) in [6, 6.07) is 19.3. The summed E-state index contributed by atoms with van der Waals surface area (Å²) >= 11 is 1.20. The van der Waals surface area contributed by atoms with Gasteiger partial charge < -0.3 is 0 Å². The summed E-state index contributed by atoms with van der Waals surface area (Å²) in [5, 5.41) is 1.76. The number of carbonyl (C=O) groups is 1. The third kappa shape index (κ3) is 4.55. The number of hydrogen-bond acceptors (Lipinski definition) is 5. The van der Waals surface area contributed by atoms with Crippen molar-refractivity contribution < 1.29 is 13.2 Å². The summed E-state index contributed by atoms with van der Waals surface area (Å²) in [6.07, 6.45) is 4.43.